The van der Waals surface area contributed by atoms with Crippen molar-refractivity contribution in [2.45, 2.75) is 77.0 Å². The first-order valence-electron chi connectivity index (χ1n) is 11.3. The topological polar surface area (TPSA) is 259 Å². The summed E-state index contributed by atoms with van der Waals surface area (Å²) in [6.07, 6.45) is -9.32. The van der Waals surface area contributed by atoms with Gasteiger partial charge in [0.15, 0.2) is 24.6 Å². The van der Waals surface area contributed by atoms with Crippen LogP contribution in [-0.2, 0) is 57.2 Å². The molecule has 17 heteroatoms. The van der Waals surface area contributed by atoms with Crippen molar-refractivity contribution in [3.8, 4) is 0 Å². The van der Waals surface area contributed by atoms with Gasteiger partial charge in [0.25, 0.3) is 5.79 Å². The van der Waals surface area contributed by atoms with E-state index in [0.29, 0.717) is 0 Å². The molecule has 17 nitrogen and oxygen atoms in total. The fourth-order valence-corrected chi connectivity index (χ4v) is 3.11. The minimum absolute atomic E-state index is 0.385. The second kappa shape index (κ2) is 16.7. The maximum atomic E-state index is 11.6. The van der Waals surface area contributed by atoms with Gasteiger partial charge in [0.1, 0.15) is 24.9 Å². The number of ketones is 1. The van der Waals surface area contributed by atoms with E-state index >= 15 is 0 Å². The summed E-state index contributed by atoms with van der Waals surface area (Å²) in [5.74, 6) is -6.98. The molecule has 39 heavy (non-hydrogen) atoms. The summed E-state index contributed by atoms with van der Waals surface area (Å²) in [7, 11) is 0. The number of esters is 5. The fourth-order valence-electron chi connectivity index (χ4n) is 3.11. The highest BCUT2D eigenvalue weighted by Gasteiger charge is 2.59. The Kier molecular flexibility index (Phi) is 15.3. The monoisotopic (exact) mass is 570 g/mol. The molecule has 5 N–H and O–H groups in total. The molecule has 0 aromatic heterocycles. The highest BCUT2D eigenvalue weighted by atomic mass is 16.8. The first kappa shape index (κ1) is 35.8. The predicted octanol–water partition coefficient (Wildman–Crippen LogP) is -3.74. The predicted molar refractivity (Wildman–Crippen MR) is 121 cm³/mol. The second-order valence-corrected chi connectivity index (χ2v) is 8.06. The van der Waals surface area contributed by atoms with Gasteiger partial charge in [0, 0.05) is 34.6 Å². The Bertz CT molecular complexity index is 873. The van der Waals surface area contributed by atoms with Gasteiger partial charge in [-0.25, -0.2) is 0 Å². The molecule has 1 saturated heterocycles. The van der Waals surface area contributed by atoms with E-state index in [1.54, 1.807) is 0 Å². The highest BCUT2D eigenvalue weighted by molar-refractivity contribution is 5.84. The number of hydrogen-bond donors (Lipinski definition) is 5. The molecule has 0 spiro atoms. The molecule has 1 rings (SSSR count). The maximum absolute atomic E-state index is 11.6. The maximum Gasteiger partial charge on any atom is 0.305 e. The summed E-state index contributed by atoms with van der Waals surface area (Å²) in [6, 6.07) is 0. The van der Waals surface area contributed by atoms with Crippen molar-refractivity contribution in [1.82, 2.24) is 0 Å². The van der Waals surface area contributed by atoms with E-state index in [-0.39, 0.29) is 6.61 Å². The fraction of sp³-hybridized carbons (Fsp3) is 0.727. The van der Waals surface area contributed by atoms with Gasteiger partial charge in [-0.1, -0.05) is 0 Å². The van der Waals surface area contributed by atoms with E-state index in [2.05, 4.69) is 0 Å². The molecule has 0 aliphatic carbocycles. The van der Waals surface area contributed by atoms with Crippen LogP contribution < -0.4 is 0 Å². The molecular formula is C22H34O17. The Balaban J connectivity index is 0.00000101. The Morgan fingerprint density at radius 2 is 1.36 bits per heavy atom. The van der Waals surface area contributed by atoms with E-state index < -0.39 is 97.9 Å². The lowest BCUT2D eigenvalue weighted by molar-refractivity contribution is -0.338. The van der Waals surface area contributed by atoms with Gasteiger partial charge in [-0.3, -0.25) is 28.8 Å². The molecule has 1 heterocycles. The molecule has 7 atom stereocenters. The lowest BCUT2D eigenvalue weighted by atomic mass is 9.96. The van der Waals surface area contributed by atoms with Crippen LogP contribution in [0.4, 0.5) is 0 Å². The minimum atomic E-state index is -2.10. The van der Waals surface area contributed by atoms with Crippen LogP contribution in [0.15, 0.2) is 0 Å². The number of carbonyl (C=O) groups is 6. The van der Waals surface area contributed by atoms with Gasteiger partial charge in [0.2, 0.25) is 6.10 Å². The second-order valence-electron chi connectivity index (χ2n) is 8.06. The zero-order valence-corrected chi connectivity index (χ0v) is 21.9. The molecule has 0 radical (unpaired) electrons. The summed E-state index contributed by atoms with van der Waals surface area (Å²) in [5, 5.41) is 43.1. The molecule has 1 aliphatic heterocycles. The minimum Gasteiger partial charge on any atom is -0.459 e. The van der Waals surface area contributed by atoms with Crippen LogP contribution in [0.3, 0.4) is 0 Å². The van der Waals surface area contributed by atoms with E-state index in [1.807, 2.05) is 0 Å². The molecule has 0 amide bonds. The number of aliphatic hydroxyl groups is 5. The van der Waals surface area contributed by atoms with Crippen LogP contribution >= 0.6 is 0 Å². The summed E-state index contributed by atoms with van der Waals surface area (Å²) in [5.41, 5.74) is 0. The summed E-state index contributed by atoms with van der Waals surface area (Å²) >= 11 is 0. The molecule has 0 aromatic carbocycles. The van der Waals surface area contributed by atoms with Crippen molar-refractivity contribution >= 4 is 35.6 Å². The van der Waals surface area contributed by atoms with Gasteiger partial charge >= 0.3 is 29.8 Å². The van der Waals surface area contributed by atoms with Crippen molar-refractivity contribution < 1.29 is 82.7 Å². The van der Waals surface area contributed by atoms with Crippen LogP contribution in [0.1, 0.15) is 34.6 Å². The summed E-state index contributed by atoms with van der Waals surface area (Å²) in [6.45, 7) is 2.72. The summed E-state index contributed by atoms with van der Waals surface area (Å²) in [4.78, 5) is 67.8. The Morgan fingerprint density at radius 1 is 0.821 bits per heavy atom. The molecule has 0 unspecified atom stereocenters. The Hall–Kier alpha value is -3.22. The average Bonchev–Trinajstić information content (AvgIpc) is 2.83. The zero-order chi connectivity index (χ0) is 30.5. The van der Waals surface area contributed by atoms with E-state index in [4.69, 9.17) is 54.0 Å². The van der Waals surface area contributed by atoms with Gasteiger partial charge in [-0.05, 0) is 0 Å². The number of ether oxygens (including phenoxy) is 6. The van der Waals surface area contributed by atoms with Crippen molar-refractivity contribution in [1.29, 1.82) is 0 Å². The highest BCUT2D eigenvalue weighted by Crippen LogP contribution is 2.34. The zero-order valence-electron chi connectivity index (χ0n) is 21.9. The van der Waals surface area contributed by atoms with Gasteiger partial charge in [-0.15, -0.1) is 0 Å². The van der Waals surface area contributed by atoms with Crippen molar-refractivity contribution in [2.75, 3.05) is 26.4 Å². The largest absolute Gasteiger partial charge is 0.459 e. The lowest BCUT2D eigenvalue weighted by Gasteiger charge is -2.46. The van der Waals surface area contributed by atoms with Crippen molar-refractivity contribution in [3.63, 3.8) is 0 Å². The number of hydrogen-bond acceptors (Lipinski definition) is 17. The smallest absolute Gasteiger partial charge is 0.305 e. The Labute approximate surface area is 222 Å². The Morgan fingerprint density at radius 3 is 1.77 bits per heavy atom. The third-order valence-corrected chi connectivity index (χ3v) is 4.69. The third-order valence-electron chi connectivity index (χ3n) is 4.69. The van der Waals surface area contributed by atoms with E-state index in [9.17, 15) is 28.8 Å². The average molecular weight is 570 g/mol. The number of carbonyl (C=O) groups excluding carboxylic acids is 6. The van der Waals surface area contributed by atoms with Crippen LogP contribution in [0.25, 0.3) is 0 Å². The standard InChI is InChI=1S/C16H22O11.C6H12O6/c1-8(17)22-7-16(27-12(5)21)15(26-11(4)20)14(25-10(3)19)13(6-23-16)24-9(2)18;7-1-3(9)5(11)6(12)4(10)2-8/h13-15H,6-7H2,1-5H3;3,5-9,11-12H,1-2H2/t13-,14+,15+,16-;3-,5+,6-/m11/s1. The van der Waals surface area contributed by atoms with Gasteiger partial charge in [-0.2, -0.15) is 0 Å². The number of Topliss-reactive ketones (excluding diaryl/α,β-unsaturated/α-hetero) is 1. The molecular weight excluding hydrogens is 536 g/mol. The molecule has 1 aliphatic rings. The van der Waals surface area contributed by atoms with Crippen LogP contribution in [0.5, 0.6) is 0 Å². The SMILES string of the molecule is CC(=O)OC[C@]1(OC(C)=O)OC[C@@H](OC(C)=O)[C@H](OC(C)=O)[C@@H]1OC(C)=O.O=C(CO)[C@@H](O)[C@@H](O)[C@H](O)CO. The normalized spacial score (nSPS) is 24.4. The van der Waals surface area contributed by atoms with Crippen molar-refractivity contribution in [3.05, 3.63) is 0 Å². The van der Waals surface area contributed by atoms with Gasteiger partial charge < -0.3 is 54.0 Å². The van der Waals surface area contributed by atoms with Crippen LogP contribution in [-0.4, -0.2) is 130 Å². The van der Waals surface area contributed by atoms with E-state index in [1.165, 1.54) is 0 Å². The first-order chi connectivity index (χ1) is 18.0. The van der Waals surface area contributed by atoms with E-state index in [0.717, 1.165) is 34.6 Å². The van der Waals surface area contributed by atoms with Crippen molar-refractivity contribution in [2.24, 2.45) is 0 Å². The van der Waals surface area contributed by atoms with Crippen LogP contribution in [0.2, 0.25) is 0 Å². The molecule has 0 saturated carbocycles. The number of aliphatic hydroxyl groups excluding tert-OH is 5. The molecule has 224 valence electrons. The van der Waals surface area contributed by atoms with Crippen LogP contribution in [0, 0.1) is 0 Å². The number of rotatable bonds is 11. The third kappa shape index (κ3) is 12.0. The molecule has 1 fully saturated rings. The lowest BCUT2D eigenvalue weighted by Crippen LogP contribution is -2.67. The summed E-state index contributed by atoms with van der Waals surface area (Å²) < 4.78 is 30.9. The quantitative estimate of drug-likeness (QED) is 0.118. The first-order valence-corrected chi connectivity index (χ1v) is 11.3. The van der Waals surface area contributed by atoms with Gasteiger partial charge in [0.05, 0.1) is 13.2 Å². The molecule has 0 bridgehead atoms. The molecule has 0 aromatic rings.